The van der Waals surface area contributed by atoms with Crippen molar-refractivity contribution in [1.29, 1.82) is 0 Å². The first-order valence-electron chi connectivity index (χ1n) is 11.4. The minimum atomic E-state index is -0.0602. The van der Waals surface area contributed by atoms with Crippen LogP contribution in [-0.4, -0.2) is 61.8 Å². The van der Waals surface area contributed by atoms with Gasteiger partial charge in [0.1, 0.15) is 18.1 Å². The molecule has 8 nitrogen and oxygen atoms in total. The van der Waals surface area contributed by atoms with E-state index in [4.69, 9.17) is 18.9 Å². The Labute approximate surface area is 191 Å². The first kappa shape index (κ1) is 24.1. The van der Waals surface area contributed by atoms with Crippen LogP contribution < -0.4 is 15.4 Å². The second kappa shape index (κ2) is 11.9. The minimum Gasteiger partial charge on any atom is -0.492 e. The molecule has 3 rings (SSSR count). The molecule has 0 spiro atoms. The Morgan fingerprint density at radius 2 is 1.97 bits per heavy atom. The van der Waals surface area contributed by atoms with Gasteiger partial charge in [0.25, 0.3) is 0 Å². The van der Waals surface area contributed by atoms with Gasteiger partial charge < -0.3 is 24.5 Å². The van der Waals surface area contributed by atoms with E-state index < -0.39 is 0 Å². The summed E-state index contributed by atoms with van der Waals surface area (Å²) in [4.78, 5) is 11.5. The molecule has 0 amide bonds. The fraction of sp³-hybridized carbons (Fsp3) is 0.583. The normalized spacial score (nSPS) is 15.6. The molecule has 0 saturated carbocycles. The van der Waals surface area contributed by atoms with Crippen LogP contribution in [-0.2, 0) is 23.2 Å². The summed E-state index contributed by atoms with van der Waals surface area (Å²) in [5.41, 5.74) is 0.993. The smallest absolute Gasteiger partial charge is 0.213 e. The van der Waals surface area contributed by atoms with Gasteiger partial charge in [0.2, 0.25) is 5.89 Å². The maximum Gasteiger partial charge on any atom is 0.213 e. The summed E-state index contributed by atoms with van der Waals surface area (Å²) in [6.07, 6.45) is 1.80. The molecule has 2 N–H and O–H groups in total. The van der Waals surface area contributed by atoms with E-state index in [1.54, 1.807) is 6.20 Å². The number of ether oxygens (including phenoxy) is 2. The largest absolute Gasteiger partial charge is 0.492 e. The van der Waals surface area contributed by atoms with E-state index in [1.165, 1.54) is 0 Å². The lowest BCUT2D eigenvalue weighted by Crippen LogP contribution is -2.38. The predicted molar refractivity (Wildman–Crippen MR) is 126 cm³/mol. The van der Waals surface area contributed by atoms with Gasteiger partial charge >= 0.3 is 0 Å². The molecular weight excluding hydrogens is 406 g/mol. The number of rotatable bonds is 9. The summed E-state index contributed by atoms with van der Waals surface area (Å²) in [7, 11) is 0. The number of guanidine groups is 1. The number of hydrogen-bond donors (Lipinski definition) is 2. The molecule has 1 fully saturated rings. The zero-order valence-electron chi connectivity index (χ0n) is 19.8. The number of aliphatic imine (C=N–C) groups is 1. The molecule has 176 valence electrons. The van der Waals surface area contributed by atoms with Crippen LogP contribution in [0.25, 0.3) is 0 Å². The summed E-state index contributed by atoms with van der Waals surface area (Å²) in [6.45, 7) is 15.2. The van der Waals surface area contributed by atoms with Gasteiger partial charge in [-0.1, -0.05) is 39.0 Å². The van der Waals surface area contributed by atoms with E-state index >= 15 is 0 Å². The van der Waals surface area contributed by atoms with Crippen molar-refractivity contribution in [2.45, 2.75) is 46.2 Å². The van der Waals surface area contributed by atoms with Gasteiger partial charge in [0.05, 0.1) is 32.5 Å². The number of benzene rings is 1. The Hall–Kier alpha value is -2.58. The lowest BCUT2D eigenvalue weighted by molar-refractivity contribution is 0.0322. The summed E-state index contributed by atoms with van der Waals surface area (Å²) in [5.74, 6) is 3.11. The fourth-order valence-electron chi connectivity index (χ4n) is 3.29. The molecule has 0 bridgehead atoms. The highest BCUT2D eigenvalue weighted by Crippen LogP contribution is 2.22. The monoisotopic (exact) mass is 443 g/mol. The summed E-state index contributed by atoms with van der Waals surface area (Å²) in [5, 5.41) is 6.58. The lowest BCUT2D eigenvalue weighted by atomic mass is 9.94. The van der Waals surface area contributed by atoms with Crippen molar-refractivity contribution < 1.29 is 13.9 Å². The predicted octanol–water partition coefficient (Wildman–Crippen LogP) is 2.94. The minimum absolute atomic E-state index is 0.0602. The van der Waals surface area contributed by atoms with Crippen molar-refractivity contribution in [3.8, 4) is 5.75 Å². The van der Waals surface area contributed by atoms with Gasteiger partial charge in [-0.05, 0) is 13.0 Å². The van der Waals surface area contributed by atoms with Crippen LogP contribution in [0.1, 0.15) is 44.9 Å². The van der Waals surface area contributed by atoms with E-state index in [0.29, 0.717) is 31.5 Å². The van der Waals surface area contributed by atoms with E-state index in [9.17, 15) is 0 Å². The van der Waals surface area contributed by atoms with Crippen LogP contribution in [0, 0.1) is 0 Å². The van der Waals surface area contributed by atoms with E-state index in [-0.39, 0.29) is 5.41 Å². The number of oxazole rings is 1. The Kier molecular flexibility index (Phi) is 8.93. The van der Waals surface area contributed by atoms with Crippen LogP contribution in [0.3, 0.4) is 0 Å². The van der Waals surface area contributed by atoms with Crippen molar-refractivity contribution in [2.24, 2.45) is 4.99 Å². The summed E-state index contributed by atoms with van der Waals surface area (Å²) < 4.78 is 17.3. The Morgan fingerprint density at radius 1 is 1.19 bits per heavy atom. The number of hydrogen-bond acceptors (Lipinski definition) is 6. The highest BCUT2D eigenvalue weighted by Gasteiger charge is 2.19. The zero-order chi connectivity index (χ0) is 22.8. The molecule has 1 aliphatic rings. The van der Waals surface area contributed by atoms with Crippen molar-refractivity contribution >= 4 is 5.96 Å². The van der Waals surface area contributed by atoms with Crippen molar-refractivity contribution in [3.05, 3.63) is 47.7 Å². The molecule has 32 heavy (non-hydrogen) atoms. The van der Waals surface area contributed by atoms with Gasteiger partial charge in [-0.25, -0.2) is 9.98 Å². The number of nitrogens with zero attached hydrogens (tertiary/aromatic N) is 3. The second-order valence-electron chi connectivity index (χ2n) is 8.83. The highest BCUT2D eigenvalue weighted by atomic mass is 16.5. The number of aromatic nitrogens is 1. The van der Waals surface area contributed by atoms with Gasteiger partial charge in [-0.15, -0.1) is 0 Å². The molecule has 1 aliphatic heterocycles. The van der Waals surface area contributed by atoms with Crippen molar-refractivity contribution in [1.82, 2.24) is 20.5 Å². The molecule has 1 saturated heterocycles. The second-order valence-corrected chi connectivity index (χ2v) is 8.83. The third-order valence-corrected chi connectivity index (χ3v) is 5.19. The summed E-state index contributed by atoms with van der Waals surface area (Å²) in [6, 6.07) is 8.07. The zero-order valence-corrected chi connectivity index (χ0v) is 19.8. The Bertz CT molecular complexity index is 853. The van der Waals surface area contributed by atoms with Crippen LogP contribution in [0.15, 0.2) is 39.9 Å². The molecule has 1 aromatic heterocycles. The molecule has 2 heterocycles. The van der Waals surface area contributed by atoms with Gasteiger partial charge in [0, 0.05) is 37.2 Å². The maximum absolute atomic E-state index is 6.08. The van der Waals surface area contributed by atoms with Crippen LogP contribution in [0.2, 0.25) is 0 Å². The number of nitrogens with one attached hydrogen (secondary N) is 2. The van der Waals surface area contributed by atoms with Crippen molar-refractivity contribution in [3.63, 3.8) is 0 Å². The van der Waals surface area contributed by atoms with Gasteiger partial charge in [-0.2, -0.15) is 0 Å². The van der Waals surface area contributed by atoms with Crippen LogP contribution >= 0.6 is 0 Å². The fourth-order valence-corrected chi connectivity index (χ4v) is 3.29. The van der Waals surface area contributed by atoms with E-state index in [2.05, 4.69) is 47.4 Å². The summed E-state index contributed by atoms with van der Waals surface area (Å²) >= 11 is 0. The van der Waals surface area contributed by atoms with E-state index in [0.717, 1.165) is 56.5 Å². The van der Waals surface area contributed by atoms with Gasteiger partial charge in [-0.3, -0.25) is 4.90 Å². The number of para-hydroxylation sites is 1. The number of morpholine rings is 1. The molecule has 0 atom stereocenters. The molecule has 1 aromatic carbocycles. The molecule has 0 aliphatic carbocycles. The SMILES string of the molecule is CCNC(=NCc1ccccc1OCCN1CCOCC1)NCc1ncc(C(C)(C)C)o1. The Morgan fingerprint density at radius 3 is 2.69 bits per heavy atom. The first-order chi connectivity index (χ1) is 15.5. The molecule has 0 radical (unpaired) electrons. The highest BCUT2D eigenvalue weighted by molar-refractivity contribution is 5.79. The first-order valence-corrected chi connectivity index (χ1v) is 11.4. The van der Waals surface area contributed by atoms with Crippen molar-refractivity contribution in [2.75, 3.05) is 46.0 Å². The molecule has 2 aromatic rings. The maximum atomic E-state index is 6.08. The van der Waals surface area contributed by atoms with Gasteiger partial charge in [0.15, 0.2) is 5.96 Å². The van der Waals surface area contributed by atoms with Crippen LogP contribution in [0.5, 0.6) is 5.75 Å². The lowest BCUT2D eigenvalue weighted by Gasteiger charge is -2.26. The third-order valence-electron chi connectivity index (χ3n) is 5.19. The molecular formula is C24H37N5O3. The van der Waals surface area contributed by atoms with E-state index in [1.807, 2.05) is 25.1 Å². The quantitative estimate of drug-likeness (QED) is 0.455. The third kappa shape index (κ3) is 7.53. The Balaban J connectivity index is 1.55. The standard InChI is InChI=1S/C24H37N5O3/c1-5-25-23(28-18-22-26-17-21(32-22)24(2,3)4)27-16-19-8-6-7-9-20(19)31-15-12-29-10-13-30-14-11-29/h6-9,17H,5,10-16,18H2,1-4H3,(H2,25,27,28). The topological polar surface area (TPSA) is 84.2 Å². The van der Waals surface area contributed by atoms with Crippen LogP contribution in [0.4, 0.5) is 0 Å². The molecule has 8 heteroatoms. The average Bonchev–Trinajstić information content (AvgIpc) is 3.27. The average molecular weight is 444 g/mol. The molecule has 0 unspecified atom stereocenters.